The molecule has 0 saturated heterocycles. The minimum absolute atomic E-state index is 0.994. The molecule has 0 amide bonds. The molecule has 0 heterocycles. The van der Waals surface area contributed by atoms with Crippen LogP contribution in [0.5, 0.6) is 0 Å². The predicted molar refractivity (Wildman–Crippen MR) is 41.2 cm³/mol. The van der Waals surface area contributed by atoms with E-state index in [2.05, 4.69) is 25.9 Å². The molecule has 0 saturated carbocycles. The highest BCUT2D eigenvalue weighted by Gasteiger charge is 1.86. The molecule has 8 heavy (non-hydrogen) atoms. The molecule has 0 aliphatic carbocycles. The average molecular weight is 132 g/mol. The van der Waals surface area contributed by atoms with Gasteiger partial charge in [0.1, 0.15) is 0 Å². The van der Waals surface area contributed by atoms with Gasteiger partial charge in [0.2, 0.25) is 0 Å². The highest BCUT2D eigenvalue weighted by Crippen LogP contribution is 1.96. The molecule has 0 aromatic heterocycles. The van der Waals surface area contributed by atoms with Crippen LogP contribution in [-0.4, -0.2) is 37.0 Å². The molecular formula is C6H14NS. The summed E-state index contributed by atoms with van der Waals surface area (Å²) in [7, 11) is 4.17. The molecule has 0 aromatic rings. The summed E-state index contributed by atoms with van der Waals surface area (Å²) in [4.78, 5) is 2.18. The van der Waals surface area contributed by atoms with Crippen LogP contribution in [0.25, 0.3) is 0 Å². The zero-order chi connectivity index (χ0) is 6.41. The predicted octanol–water partition coefficient (Wildman–Crippen LogP) is 1.12. The summed E-state index contributed by atoms with van der Waals surface area (Å²) in [6.45, 7) is 4.89. The molecule has 0 aliphatic rings. The summed E-state index contributed by atoms with van der Waals surface area (Å²) in [5.41, 5.74) is 0. The number of thioether (sulfide) groups is 1. The lowest BCUT2D eigenvalue weighted by Crippen LogP contribution is -2.14. The zero-order valence-electron chi connectivity index (χ0n) is 5.68. The third-order valence-corrected chi connectivity index (χ3v) is 1.59. The Morgan fingerprint density at radius 3 is 2.50 bits per heavy atom. The maximum absolute atomic E-state index is 3.73. The first-order valence-corrected chi connectivity index (χ1v) is 3.94. The lowest BCUT2D eigenvalue weighted by Gasteiger charge is -2.06. The second-order valence-corrected chi connectivity index (χ2v) is 3.14. The van der Waals surface area contributed by atoms with Crippen LogP contribution in [0, 0.1) is 6.92 Å². The van der Waals surface area contributed by atoms with Gasteiger partial charge in [-0.1, -0.05) is 0 Å². The molecule has 0 aromatic carbocycles. The lowest BCUT2D eigenvalue weighted by atomic mass is 10.7. The van der Waals surface area contributed by atoms with Gasteiger partial charge in [0.15, 0.2) is 0 Å². The second-order valence-electron chi connectivity index (χ2n) is 1.92. The lowest BCUT2D eigenvalue weighted by molar-refractivity contribution is 0.437. The minimum Gasteiger partial charge on any atom is -0.309 e. The van der Waals surface area contributed by atoms with Gasteiger partial charge < -0.3 is 4.90 Å². The Bertz CT molecular complexity index is 45.8. The van der Waals surface area contributed by atoms with E-state index in [4.69, 9.17) is 0 Å². The number of hydrogen-bond donors (Lipinski definition) is 0. The van der Waals surface area contributed by atoms with Gasteiger partial charge in [0.05, 0.1) is 0 Å². The van der Waals surface area contributed by atoms with Crippen LogP contribution in [0.1, 0.15) is 0 Å². The normalized spacial score (nSPS) is 10.5. The Morgan fingerprint density at radius 2 is 2.12 bits per heavy atom. The van der Waals surface area contributed by atoms with Gasteiger partial charge in [-0.25, -0.2) is 0 Å². The van der Waals surface area contributed by atoms with Gasteiger partial charge >= 0.3 is 0 Å². The van der Waals surface area contributed by atoms with Gasteiger partial charge in [0, 0.05) is 12.3 Å². The highest BCUT2D eigenvalue weighted by atomic mass is 32.2. The van der Waals surface area contributed by atoms with Crippen LogP contribution in [0.15, 0.2) is 0 Å². The van der Waals surface area contributed by atoms with Crippen molar-refractivity contribution in [1.82, 2.24) is 4.90 Å². The van der Waals surface area contributed by atoms with Crippen molar-refractivity contribution in [1.29, 1.82) is 0 Å². The van der Waals surface area contributed by atoms with Crippen LogP contribution in [0.3, 0.4) is 0 Å². The summed E-state index contributed by atoms with van der Waals surface area (Å²) >= 11 is 1.88. The van der Waals surface area contributed by atoms with Crippen molar-refractivity contribution in [3.05, 3.63) is 6.92 Å². The summed E-state index contributed by atoms with van der Waals surface area (Å²) in [6, 6.07) is 0. The van der Waals surface area contributed by atoms with E-state index in [0.717, 1.165) is 5.75 Å². The molecule has 49 valence electrons. The molecule has 1 nitrogen and oxygen atoms in total. The fourth-order valence-corrected chi connectivity index (χ4v) is 1.05. The molecule has 0 spiro atoms. The number of rotatable bonds is 4. The molecule has 0 bridgehead atoms. The van der Waals surface area contributed by atoms with E-state index in [-0.39, 0.29) is 0 Å². The van der Waals surface area contributed by atoms with Crippen molar-refractivity contribution >= 4 is 11.8 Å². The Hall–Kier alpha value is 0.310. The quantitative estimate of drug-likeness (QED) is 0.527. The maximum atomic E-state index is 3.73. The van der Waals surface area contributed by atoms with Crippen molar-refractivity contribution in [2.45, 2.75) is 0 Å². The van der Waals surface area contributed by atoms with E-state index in [1.54, 1.807) is 0 Å². The Morgan fingerprint density at radius 1 is 1.50 bits per heavy atom. The van der Waals surface area contributed by atoms with Crippen LogP contribution < -0.4 is 0 Å². The standard InChI is InChI=1S/C6H14NS/c1-4-8-6-5-7(2)3/h1,4-6H2,2-3H3. The van der Waals surface area contributed by atoms with Gasteiger partial charge in [-0.2, -0.15) is 11.8 Å². The molecule has 0 unspecified atom stereocenters. The fraction of sp³-hybridized carbons (Fsp3) is 0.833. The first-order valence-electron chi connectivity index (χ1n) is 2.79. The van der Waals surface area contributed by atoms with Crippen LogP contribution in [-0.2, 0) is 0 Å². The van der Waals surface area contributed by atoms with E-state index < -0.39 is 0 Å². The molecule has 2 heteroatoms. The number of nitrogens with zero attached hydrogens (tertiary/aromatic N) is 1. The molecule has 0 aliphatic heterocycles. The van der Waals surface area contributed by atoms with Crippen molar-refractivity contribution < 1.29 is 0 Å². The molecule has 0 atom stereocenters. The smallest absolute Gasteiger partial charge is 0.00662 e. The largest absolute Gasteiger partial charge is 0.309 e. The van der Waals surface area contributed by atoms with Gasteiger partial charge in [0.25, 0.3) is 0 Å². The Labute approximate surface area is 56.4 Å². The van der Waals surface area contributed by atoms with Gasteiger partial charge in [-0.05, 0) is 26.8 Å². The summed E-state index contributed by atoms with van der Waals surface area (Å²) in [5, 5.41) is 0. The first kappa shape index (κ1) is 8.31. The summed E-state index contributed by atoms with van der Waals surface area (Å²) in [5.74, 6) is 2.20. The van der Waals surface area contributed by atoms with E-state index >= 15 is 0 Å². The van der Waals surface area contributed by atoms with Crippen LogP contribution in [0.2, 0.25) is 0 Å². The Kier molecular flexibility index (Phi) is 5.66. The van der Waals surface area contributed by atoms with E-state index in [9.17, 15) is 0 Å². The third-order valence-electron chi connectivity index (χ3n) is 0.827. The van der Waals surface area contributed by atoms with Crippen LogP contribution in [0.4, 0.5) is 0 Å². The van der Waals surface area contributed by atoms with E-state index in [0.29, 0.717) is 0 Å². The maximum Gasteiger partial charge on any atom is 0.00662 e. The highest BCUT2D eigenvalue weighted by molar-refractivity contribution is 7.99. The molecular weight excluding hydrogens is 118 g/mol. The SMILES string of the molecule is [CH2]CSCCN(C)C. The topological polar surface area (TPSA) is 3.24 Å². The molecule has 1 radical (unpaired) electrons. The average Bonchev–Trinajstić information content (AvgIpc) is 1.66. The number of hydrogen-bond acceptors (Lipinski definition) is 2. The molecule has 0 fully saturated rings. The molecule has 0 N–H and O–H groups in total. The van der Waals surface area contributed by atoms with Gasteiger partial charge in [-0.3, -0.25) is 0 Å². The van der Waals surface area contributed by atoms with Crippen molar-refractivity contribution in [2.75, 3.05) is 32.1 Å². The van der Waals surface area contributed by atoms with Crippen molar-refractivity contribution in [3.63, 3.8) is 0 Å². The van der Waals surface area contributed by atoms with Gasteiger partial charge in [-0.15, -0.1) is 0 Å². The summed E-state index contributed by atoms with van der Waals surface area (Å²) < 4.78 is 0. The van der Waals surface area contributed by atoms with E-state index in [1.165, 1.54) is 12.3 Å². The monoisotopic (exact) mass is 132 g/mol. The van der Waals surface area contributed by atoms with Crippen molar-refractivity contribution in [3.8, 4) is 0 Å². The van der Waals surface area contributed by atoms with Crippen molar-refractivity contribution in [2.24, 2.45) is 0 Å². The second kappa shape index (κ2) is 5.45. The van der Waals surface area contributed by atoms with E-state index in [1.807, 2.05) is 11.8 Å². The van der Waals surface area contributed by atoms with Crippen LogP contribution >= 0.6 is 11.8 Å². The summed E-state index contributed by atoms with van der Waals surface area (Å²) in [6.07, 6.45) is 0. The zero-order valence-corrected chi connectivity index (χ0v) is 6.50. The molecule has 0 rings (SSSR count). The fourth-order valence-electron chi connectivity index (χ4n) is 0.349. The third kappa shape index (κ3) is 6.31. The first-order chi connectivity index (χ1) is 3.77. The Balaban J connectivity index is 2.72. The minimum atomic E-state index is 0.994.